The fourth-order valence-corrected chi connectivity index (χ4v) is 4.48. The Morgan fingerprint density at radius 2 is 2.20 bits per heavy atom. The molecule has 4 rings (SSSR count). The highest BCUT2D eigenvalue weighted by Crippen LogP contribution is 2.26. The number of rotatable bonds is 6. The van der Waals surface area contributed by atoms with Gasteiger partial charge in [0.05, 0.1) is 47.8 Å². The molecule has 0 aromatic carbocycles. The summed E-state index contributed by atoms with van der Waals surface area (Å²) in [7, 11) is 0.862. The van der Waals surface area contributed by atoms with Crippen molar-refractivity contribution in [1.29, 1.82) is 0 Å². The lowest BCUT2D eigenvalue weighted by Gasteiger charge is -2.17. The van der Waals surface area contributed by atoms with Crippen LogP contribution in [0.1, 0.15) is 20.3 Å². The lowest BCUT2D eigenvalue weighted by Crippen LogP contribution is -2.42. The molecule has 30 heavy (non-hydrogen) atoms. The average molecular weight is 458 g/mol. The molecule has 4 unspecified atom stereocenters. The van der Waals surface area contributed by atoms with Gasteiger partial charge in [0.1, 0.15) is 16.9 Å². The van der Waals surface area contributed by atoms with Crippen molar-refractivity contribution < 1.29 is 13.7 Å². The first kappa shape index (κ1) is 22.9. The van der Waals surface area contributed by atoms with Crippen molar-refractivity contribution in [3.8, 4) is 0 Å². The van der Waals surface area contributed by atoms with Crippen molar-refractivity contribution >= 4 is 40.0 Å². The number of nitrogen functional groups attached to an aromatic ring is 1. The zero-order chi connectivity index (χ0) is 21.7. The molecular formula is C18H28ClN7O3S. The number of ether oxygens (including phenoxy) is 2. The largest absolute Gasteiger partial charge is 0.382 e. The van der Waals surface area contributed by atoms with E-state index in [1.54, 1.807) is 17.1 Å². The molecule has 4 atom stereocenters. The highest BCUT2D eigenvalue weighted by molar-refractivity contribution is 7.83. The summed E-state index contributed by atoms with van der Waals surface area (Å²) in [6.45, 7) is 5.53. The van der Waals surface area contributed by atoms with Crippen molar-refractivity contribution in [2.24, 2.45) is 13.0 Å². The smallest absolute Gasteiger partial charge is 0.229 e. The quantitative estimate of drug-likeness (QED) is 0.597. The van der Waals surface area contributed by atoms with Crippen LogP contribution in [0.5, 0.6) is 0 Å². The first-order chi connectivity index (χ1) is 14.3. The molecule has 10 nitrogen and oxygen atoms in total. The van der Waals surface area contributed by atoms with Gasteiger partial charge in [0, 0.05) is 25.6 Å². The molecule has 0 bridgehead atoms. The number of nitrogens with one attached hydrogen (secondary N) is 2. The van der Waals surface area contributed by atoms with Crippen LogP contribution in [-0.4, -0.2) is 61.2 Å². The van der Waals surface area contributed by atoms with Crippen molar-refractivity contribution in [1.82, 2.24) is 24.5 Å². The molecule has 2 saturated heterocycles. The molecule has 4 heterocycles. The van der Waals surface area contributed by atoms with Crippen LogP contribution in [0.3, 0.4) is 0 Å². The van der Waals surface area contributed by atoms with Gasteiger partial charge in [0.2, 0.25) is 5.95 Å². The third-order valence-corrected chi connectivity index (χ3v) is 6.29. The molecule has 2 aliphatic heterocycles. The van der Waals surface area contributed by atoms with Crippen LogP contribution in [0.15, 0.2) is 18.6 Å². The molecule has 12 heteroatoms. The molecule has 0 aliphatic carbocycles. The summed E-state index contributed by atoms with van der Waals surface area (Å²) in [6, 6.07) is 0.108. The van der Waals surface area contributed by atoms with Gasteiger partial charge in [-0.2, -0.15) is 10.1 Å². The van der Waals surface area contributed by atoms with Crippen molar-refractivity contribution in [3.05, 3.63) is 23.6 Å². The molecule has 0 amide bonds. The number of hydrogen-bond donors (Lipinski definition) is 3. The van der Waals surface area contributed by atoms with E-state index in [1.807, 2.05) is 7.05 Å². The van der Waals surface area contributed by atoms with Crippen LogP contribution in [0.2, 0.25) is 5.02 Å². The van der Waals surface area contributed by atoms with Gasteiger partial charge in [-0.3, -0.25) is 4.68 Å². The number of aryl methyl sites for hydroxylation is 1. The maximum Gasteiger partial charge on any atom is 0.229 e. The number of hydrogen-bond acceptors (Lipinski definition) is 8. The SMILES string of the molecule is CC(C)CS(=O)NC1COC2CCOC12.Cn1cc(Nc2ncc(Cl)c(N)n2)cn1. The van der Waals surface area contributed by atoms with Crippen LogP contribution >= 0.6 is 11.6 Å². The lowest BCUT2D eigenvalue weighted by atomic mass is 10.1. The Balaban J connectivity index is 0.000000171. The van der Waals surface area contributed by atoms with E-state index in [0.29, 0.717) is 29.2 Å². The average Bonchev–Trinajstić information content (AvgIpc) is 3.38. The van der Waals surface area contributed by atoms with Gasteiger partial charge >= 0.3 is 0 Å². The second kappa shape index (κ2) is 10.5. The number of aromatic nitrogens is 4. The molecule has 166 valence electrons. The first-order valence-electron chi connectivity index (χ1n) is 9.73. The van der Waals surface area contributed by atoms with E-state index in [-0.39, 0.29) is 24.1 Å². The van der Waals surface area contributed by atoms with Gasteiger partial charge in [-0.15, -0.1) is 0 Å². The fraction of sp³-hybridized carbons (Fsp3) is 0.611. The fourth-order valence-electron chi connectivity index (χ4n) is 3.14. The summed E-state index contributed by atoms with van der Waals surface area (Å²) in [5.41, 5.74) is 6.33. The predicted molar refractivity (Wildman–Crippen MR) is 117 cm³/mol. The van der Waals surface area contributed by atoms with Gasteiger partial charge in [-0.05, 0) is 12.3 Å². The van der Waals surface area contributed by atoms with E-state index in [0.717, 1.165) is 18.7 Å². The maximum atomic E-state index is 11.7. The van der Waals surface area contributed by atoms with E-state index in [4.69, 9.17) is 26.8 Å². The minimum absolute atomic E-state index is 0.108. The lowest BCUT2D eigenvalue weighted by molar-refractivity contribution is 0.0700. The van der Waals surface area contributed by atoms with Crippen molar-refractivity contribution in [2.45, 2.75) is 38.5 Å². The Morgan fingerprint density at radius 3 is 2.87 bits per heavy atom. The first-order valence-corrected chi connectivity index (χ1v) is 11.4. The second-order valence-corrected chi connectivity index (χ2v) is 9.25. The number of anilines is 3. The summed E-state index contributed by atoms with van der Waals surface area (Å²) in [6.07, 6.45) is 6.21. The summed E-state index contributed by atoms with van der Waals surface area (Å²) in [5.74, 6) is 1.78. The third kappa shape index (κ3) is 6.35. The second-order valence-electron chi connectivity index (χ2n) is 7.58. The van der Waals surface area contributed by atoms with Gasteiger partial charge in [0.15, 0.2) is 0 Å². The Labute approximate surface area is 183 Å². The molecule has 2 fully saturated rings. The van der Waals surface area contributed by atoms with Crippen molar-refractivity contribution in [2.75, 3.05) is 30.0 Å². The van der Waals surface area contributed by atoms with Crippen LogP contribution in [0.4, 0.5) is 17.5 Å². The Morgan fingerprint density at radius 1 is 1.40 bits per heavy atom. The van der Waals surface area contributed by atoms with Gasteiger partial charge in [-0.1, -0.05) is 25.4 Å². The van der Waals surface area contributed by atoms with Gasteiger partial charge in [-0.25, -0.2) is 13.9 Å². The minimum Gasteiger partial charge on any atom is -0.382 e. The standard InChI is InChI=1S/C10H19NO3S.C8H9ClN6/c1-7(2)6-15(12)11-8-5-14-9-3-4-13-10(8)9;1-15-4-5(2-12-15)13-8-11-3-6(9)7(10)14-8/h7-11H,3-6H2,1-2H3;2-4H,1H3,(H3,10,11,13,14). The molecule has 4 N–H and O–H groups in total. The Hall–Kier alpha value is -1.79. The number of nitrogens with two attached hydrogens (primary N) is 1. The van der Waals surface area contributed by atoms with E-state index >= 15 is 0 Å². The maximum absolute atomic E-state index is 11.7. The number of fused-ring (bicyclic) bond motifs is 1. The topological polar surface area (TPSA) is 129 Å². The number of nitrogens with zero attached hydrogens (tertiary/aromatic N) is 4. The molecular weight excluding hydrogens is 430 g/mol. The summed E-state index contributed by atoms with van der Waals surface area (Å²) in [5, 5.41) is 7.28. The number of halogens is 1. The minimum atomic E-state index is -0.959. The predicted octanol–water partition coefficient (Wildman–Crippen LogP) is 1.64. The molecule has 2 aliphatic rings. The highest BCUT2D eigenvalue weighted by atomic mass is 35.5. The summed E-state index contributed by atoms with van der Waals surface area (Å²) < 4.78 is 27.6. The van der Waals surface area contributed by atoms with E-state index in [1.165, 1.54) is 6.20 Å². The van der Waals surface area contributed by atoms with E-state index in [2.05, 4.69) is 39.0 Å². The van der Waals surface area contributed by atoms with Crippen LogP contribution < -0.4 is 15.8 Å². The zero-order valence-electron chi connectivity index (χ0n) is 17.2. The molecule has 0 spiro atoms. The molecule has 0 saturated carbocycles. The highest BCUT2D eigenvalue weighted by Gasteiger charge is 2.42. The van der Waals surface area contributed by atoms with Crippen LogP contribution in [0.25, 0.3) is 0 Å². The summed E-state index contributed by atoms with van der Waals surface area (Å²) in [4.78, 5) is 7.94. The van der Waals surface area contributed by atoms with Crippen LogP contribution in [-0.2, 0) is 27.5 Å². The zero-order valence-corrected chi connectivity index (χ0v) is 18.8. The monoisotopic (exact) mass is 457 g/mol. The van der Waals surface area contributed by atoms with E-state index in [9.17, 15) is 4.21 Å². The normalized spacial score (nSPS) is 23.7. The third-order valence-electron chi connectivity index (χ3n) is 4.47. The Bertz CT molecular complexity index is 866. The van der Waals surface area contributed by atoms with E-state index < -0.39 is 11.0 Å². The van der Waals surface area contributed by atoms with Gasteiger partial charge < -0.3 is 20.5 Å². The van der Waals surface area contributed by atoms with Crippen LogP contribution in [0, 0.1) is 5.92 Å². The molecule has 0 radical (unpaired) electrons. The molecule has 2 aromatic rings. The van der Waals surface area contributed by atoms with Gasteiger partial charge in [0.25, 0.3) is 0 Å². The van der Waals surface area contributed by atoms with Crippen molar-refractivity contribution in [3.63, 3.8) is 0 Å². The molecule has 2 aromatic heterocycles. The Kier molecular flexibility index (Phi) is 8.00. The summed E-state index contributed by atoms with van der Waals surface area (Å²) >= 11 is 5.69.